The fraction of sp³-hybridized carbons (Fsp3) is 0.684. The lowest BCUT2D eigenvalue weighted by Crippen LogP contribution is -2.50. The third-order valence-electron chi connectivity index (χ3n) is 4.45. The van der Waals surface area contributed by atoms with Crippen LogP contribution in [0.1, 0.15) is 32.4 Å². The minimum atomic E-state index is 0. The SMILES string of the molecule is COCCN=C(NCCc1ccco1)NC1CCN(C(=O)C(C)C)CC1.I. The van der Waals surface area contributed by atoms with E-state index >= 15 is 0 Å². The van der Waals surface area contributed by atoms with E-state index in [9.17, 15) is 4.79 Å². The minimum Gasteiger partial charge on any atom is -0.469 e. The van der Waals surface area contributed by atoms with E-state index in [2.05, 4.69) is 15.6 Å². The number of hydrogen-bond acceptors (Lipinski definition) is 4. The molecule has 1 aromatic heterocycles. The van der Waals surface area contributed by atoms with E-state index in [0.717, 1.165) is 50.6 Å². The fourth-order valence-electron chi connectivity index (χ4n) is 2.96. The Bertz CT molecular complexity index is 555. The van der Waals surface area contributed by atoms with Crippen molar-refractivity contribution in [3.8, 4) is 0 Å². The summed E-state index contributed by atoms with van der Waals surface area (Å²) in [6.45, 7) is 7.45. The summed E-state index contributed by atoms with van der Waals surface area (Å²) in [6, 6.07) is 4.19. The van der Waals surface area contributed by atoms with Crippen molar-refractivity contribution in [1.29, 1.82) is 0 Å². The predicted octanol–water partition coefficient (Wildman–Crippen LogP) is 2.27. The lowest BCUT2D eigenvalue weighted by molar-refractivity contribution is -0.135. The van der Waals surface area contributed by atoms with Gasteiger partial charge in [0.05, 0.1) is 19.4 Å². The van der Waals surface area contributed by atoms with Crippen LogP contribution in [-0.4, -0.2) is 62.7 Å². The van der Waals surface area contributed by atoms with Crippen LogP contribution in [0.4, 0.5) is 0 Å². The lowest BCUT2D eigenvalue weighted by atomic mass is 10.0. The number of halogens is 1. The zero-order chi connectivity index (χ0) is 18.8. The molecular weight excluding hydrogens is 459 g/mol. The highest BCUT2D eigenvalue weighted by Crippen LogP contribution is 2.13. The smallest absolute Gasteiger partial charge is 0.225 e. The number of amides is 1. The molecule has 7 nitrogen and oxygen atoms in total. The van der Waals surface area contributed by atoms with Gasteiger partial charge in [-0.05, 0) is 25.0 Å². The molecule has 0 unspecified atom stereocenters. The third-order valence-corrected chi connectivity index (χ3v) is 4.45. The highest BCUT2D eigenvalue weighted by molar-refractivity contribution is 14.0. The van der Waals surface area contributed by atoms with Crippen LogP contribution in [0.2, 0.25) is 0 Å². The third kappa shape index (κ3) is 8.50. The fourth-order valence-corrected chi connectivity index (χ4v) is 2.96. The number of guanidine groups is 1. The van der Waals surface area contributed by atoms with Gasteiger partial charge in [0.25, 0.3) is 0 Å². The van der Waals surface area contributed by atoms with Gasteiger partial charge in [0, 0.05) is 45.1 Å². The average Bonchev–Trinajstić information content (AvgIpc) is 3.15. The quantitative estimate of drug-likeness (QED) is 0.252. The number of carbonyl (C=O) groups excluding carboxylic acids is 1. The number of aliphatic imine (C=N–C) groups is 1. The average molecular weight is 492 g/mol. The zero-order valence-electron chi connectivity index (χ0n) is 16.6. The normalized spacial score (nSPS) is 15.6. The number of rotatable bonds is 8. The molecule has 1 saturated heterocycles. The van der Waals surface area contributed by atoms with Gasteiger partial charge in [-0.2, -0.15) is 0 Å². The van der Waals surface area contributed by atoms with Crippen molar-refractivity contribution in [2.75, 3.05) is 39.9 Å². The van der Waals surface area contributed by atoms with E-state index in [1.807, 2.05) is 30.9 Å². The topological polar surface area (TPSA) is 79.1 Å². The maximum absolute atomic E-state index is 12.1. The summed E-state index contributed by atoms with van der Waals surface area (Å²) in [6.07, 6.45) is 4.36. The Balaban J connectivity index is 0.00000364. The van der Waals surface area contributed by atoms with Crippen LogP contribution in [0, 0.1) is 5.92 Å². The Morgan fingerprint density at radius 3 is 2.74 bits per heavy atom. The Morgan fingerprint density at radius 2 is 2.15 bits per heavy atom. The first-order valence-electron chi connectivity index (χ1n) is 9.45. The molecule has 0 aliphatic carbocycles. The second-order valence-corrected chi connectivity index (χ2v) is 6.88. The Morgan fingerprint density at radius 1 is 1.41 bits per heavy atom. The molecule has 1 aliphatic rings. The van der Waals surface area contributed by atoms with E-state index in [-0.39, 0.29) is 35.8 Å². The maximum Gasteiger partial charge on any atom is 0.225 e. The molecule has 1 aliphatic heterocycles. The summed E-state index contributed by atoms with van der Waals surface area (Å²) in [4.78, 5) is 18.6. The predicted molar refractivity (Wildman–Crippen MR) is 118 cm³/mol. The number of likely N-dealkylation sites (tertiary alicyclic amines) is 1. The Hall–Kier alpha value is -1.29. The van der Waals surface area contributed by atoms with Gasteiger partial charge in [-0.3, -0.25) is 9.79 Å². The zero-order valence-corrected chi connectivity index (χ0v) is 18.9. The molecule has 1 aromatic rings. The number of hydrogen-bond donors (Lipinski definition) is 2. The number of ether oxygens (including phenoxy) is 1. The molecular formula is C19H33IN4O3. The minimum absolute atomic E-state index is 0. The van der Waals surface area contributed by atoms with Crippen molar-refractivity contribution in [3.63, 3.8) is 0 Å². The number of carbonyl (C=O) groups is 1. The van der Waals surface area contributed by atoms with Crippen LogP contribution in [0.3, 0.4) is 0 Å². The number of nitrogens with zero attached hydrogens (tertiary/aromatic N) is 2. The molecule has 0 spiro atoms. The van der Waals surface area contributed by atoms with E-state index in [1.54, 1.807) is 13.4 Å². The standard InChI is InChI=1S/C19H32N4O3.HI/c1-15(2)18(24)23-11-7-16(8-12-23)22-19(21-10-14-25-3)20-9-6-17-5-4-13-26-17;/h4-5,13,15-16H,6-12,14H2,1-3H3,(H2,20,21,22);1H. The van der Waals surface area contributed by atoms with Gasteiger partial charge in [0.15, 0.2) is 5.96 Å². The maximum atomic E-state index is 12.1. The van der Waals surface area contributed by atoms with Crippen LogP contribution < -0.4 is 10.6 Å². The number of furan rings is 1. The molecule has 27 heavy (non-hydrogen) atoms. The van der Waals surface area contributed by atoms with Crippen molar-refractivity contribution in [3.05, 3.63) is 24.2 Å². The van der Waals surface area contributed by atoms with Gasteiger partial charge in [-0.25, -0.2) is 0 Å². The van der Waals surface area contributed by atoms with Crippen molar-refractivity contribution >= 4 is 35.8 Å². The molecule has 0 aromatic carbocycles. The molecule has 2 rings (SSSR count). The van der Waals surface area contributed by atoms with Gasteiger partial charge >= 0.3 is 0 Å². The van der Waals surface area contributed by atoms with E-state index in [1.165, 1.54) is 0 Å². The van der Waals surface area contributed by atoms with Gasteiger partial charge in [0.1, 0.15) is 5.76 Å². The van der Waals surface area contributed by atoms with Gasteiger partial charge in [0.2, 0.25) is 5.91 Å². The Kier molecular flexibility index (Phi) is 11.4. The first-order chi connectivity index (χ1) is 12.6. The molecule has 2 N–H and O–H groups in total. The van der Waals surface area contributed by atoms with Crippen molar-refractivity contribution in [2.24, 2.45) is 10.9 Å². The van der Waals surface area contributed by atoms with Crippen LogP contribution in [0.5, 0.6) is 0 Å². The summed E-state index contributed by atoms with van der Waals surface area (Å²) in [5.41, 5.74) is 0. The number of methoxy groups -OCH3 is 1. The van der Waals surface area contributed by atoms with Crippen LogP contribution >= 0.6 is 24.0 Å². The largest absolute Gasteiger partial charge is 0.469 e. The summed E-state index contributed by atoms with van der Waals surface area (Å²) in [5, 5.41) is 6.86. The van der Waals surface area contributed by atoms with Gasteiger partial charge < -0.3 is 24.7 Å². The molecule has 154 valence electrons. The monoisotopic (exact) mass is 492 g/mol. The number of nitrogens with one attached hydrogen (secondary N) is 2. The molecule has 0 bridgehead atoms. The highest BCUT2D eigenvalue weighted by Gasteiger charge is 2.24. The van der Waals surface area contributed by atoms with Crippen LogP contribution in [0.15, 0.2) is 27.8 Å². The van der Waals surface area contributed by atoms with Crippen LogP contribution in [-0.2, 0) is 16.0 Å². The lowest BCUT2D eigenvalue weighted by Gasteiger charge is -2.34. The summed E-state index contributed by atoms with van der Waals surface area (Å²) in [5.74, 6) is 2.06. The molecule has 2 heterocycles. The van der Waals surface area contributed by atoms with Crippen LogP contribution in [0.25, 0.3) is 0 Å². The molecule has 1 amide bonds. The first-order valence-corrected chi connectivity index (χ1v) is 9.45. The summed E-state index contributed by atoms with van der Waals surface area (Å²) in [7, 11) is 1.68. The van der Waals surface area contributed by atoms with Gasteiger partial charge in [-0.15, -0.1) is 24.0 Å². The van der Waals surface area contributed by atoms with E-state index < -0.39 is 0 Å². The highest BCUT2D eigenvalue weighted by atomic mass is 127. The molecule has 0 radical (unpaired) electrons. The Labute approximate surface area is 179 Å². The second-order valence-electron chi connectivity index (χ2n) is 6.88. The van der Waals surface area contributed by atoms with E-state index in [0.29, 0.717) is 19.2 Å². The van der Waals surface area contributed by atoms with Crippen molar-refractivity contribution in [1.82, 2.24) is 15.5 Å². The number of piperidine rings is 1. The molecule has 8 heteroatoms. The summed E-state index contributed by atoms with van der Waals surface area (Å²) >= 11 is 0. The second kappa shape index (κ2) is 13.0. The summed E-state index contributed by atoms with van der Waals surface area (Å²) < 4.78 is 10.4. The molecule has 0 atom stereocenters. The van der Waals surface area contributed by atoms with E-state index in [4.69, 9.17) is 9.15 Å². The van der Waals surface area contributed by atoms with Gasteiger partial charge in [-0.1, -0.05) is 13.8 Å². The van der Waals surface area contributed by atoms with Crippen molar-refractivity contribution < 1.29 is 13.9 Å². The molecule has 0 saturated carbocycles. The van der Waals surface area contributed by atoms with Crippen molar-refractivity contribution in [2.45, 2.75) is 39.2 Å². The molecule has 1 fully saturated rings. The first kappa shape index (κ1) is 23.7.